The van der Waals surface area contributed by atoms with E-state index in [1.807, 2.05) is 31.2 Å². The maximum atomic E-state index is 11.9. The average Bonchev–Trinajstić information content (AvgIpc) is 2.80. The van der Waals surface area contributed by atoms with Crippen molar-refractivity contribution in [2.45, 2.75) is 25.8 Å². The number of aryl methyl sites for hydroxylation is 1. The van der Waals surface area contributed by atoms with Crippen molar-refractivity contribution >= 4 is 28.9 Å². The van der Waals surface area contributed by atoms with Crippen molar-refractivity contribution in [3.05, 3.63) is 65.7 Å². The lowest BCUT2D eigenvalue weighted by molar-refractivity contribution is 0.100. The first-order chi connectivity index (χ1) is 15.5. The van der Waals surface area contributed by atoms with E-state index in [4.69, 9.17) is 11.0 Å². The summed E-state index contributed by atoms with van der Waals surface area (Å²) in [6.07, 6.45) is 4.94. The van der Waals surface area contributed by atoms with Gasteiger partial charge in [-0.05, 0) is 50.1 Å². The summed E-state index contributed by atoms with van der Waals surface area (Å²) in [4.78, 5) is 26.9. The zero-order valence-electron chi connectivity index (χ0n) is 17.7. The molecule has 32 heavy (non-hydrogen) atoms. The maximum Gasteiger partial charge on any atom is 0.252 e. The molecular formula is C23H24N8O. The van der Waals surface area contributed by atoms with Crippen molar-refractivity contribution in [1.82, 2.24) is 15.0 Å². The Hall–Kier alpha value is -4.19. The van der Waals surface area contributed by atoms with Crippen LogP contribution in [0, 0.1) is 18.3 Å². The summed E-state index contributed by atoms with van der Waals surface area (Å²) < 4.78 is 0. The number of nitriles is 1. The van der Waals surface area contributed by atoms with Gasteiger partial charge in [-0.1, -0.05) is 0 Å². The van der Waals surface area contributed by atoms with Crippen LogP contribution in [0.2, 0.25) is 0 Å². The number of amides is 1. The summed E-state index contributed by atoms with van der Waals surface area (Å²) in [5, 5.41) is 15.6. The molecule has 1 aliphatic rings. The minimum atomic E-state index is -0.528. The van der Waals surface area contributed by atoms with Gasteiger partial charge in [-0.15, -0.1) is 0 Å². The van der Waals surface area contributed by atoms with E-state index in [2.05, 4.69) is 36.6 Å². The smallest absolute Gasteiger partial charge is 0.252 e. The number of hydrogen-bond donors (Lipinski definition) is 3. The van der Waals surface area contributed by atoms with Crippen LogP contribution in [0.15, 0.2) is 48.8 Å². The van der Waals surface area contributed by atoms with E-state index in [0.29, 0.717) is 34.3 Å². The third kappa shape index (κ3) is 4.92. The lowest BCUT2D eigenvalue weighted by Crippen LogP contribution is -2.39. The van der Waals surface area contributed by atoms with E-state index in [-0.39, 0.29) is 6.04 Å². The molecule has 3 aromatic rings. The number of hydrogen-bond acceptors (Lipinski definition) is 8. The van der Waals surface area contributed by atoms with E-state index < -0.39 is 5.91 Å². The standard InChI is InChI=1S/C23H24N8O/c1-15-26-9-6-21(28-15)30-22-12-20(19(14-27-22)23(25)32)29-17-7-10-31(11-8-17)18-4-2-16(13-24)3-5-18/h2-6,9,12,14,17H,7-8,10-11H2,1H3,(H2,25,32)(H2,26,27,28,29,30). The molecule has 1 fully saturated rings. The number of piperidine rings is 1. The van der Waals surface area contributed by atoms with Crippen molar-refractivity contribution in [2.75, 3.05) is 28.6 Å². The summed E-state index contributed by atoms with van der Waals surface area (Å²) in [7, 11) is 0. The first-order valence-corrected chi connectivity index (χ1v) is 10.4. The third-order valence-electron chi connectivity index (χ3n) is 5.42. The lowest BCUT2D eigenvalue weighted by Gasteiger charge is -2.34. The molecule has 9 nitrogen and oxygen atoms in total. The van der Waals surface area contributed by atoms with E-state index in [9.17, 15) is 4.79 Å². The number of pyridine rings is 1. The van der Waals surface area contributed by atoms with Crippen LogP contribution in [0.25, 0.3) is 0 Å². The molecule has 2 aromatic heterocycles. The van der Waals surface area contributed by atoms with E-state index >= 15 is 0 Å². The number of primary amides is 1. The summed E-state index contributed by atoms with van der Waals surface area (Å²) in [6, 6.07) is 13.5. The second kappa shape index (κ2) is 9.31. The molecule has 4 N–H and O–H groups in total. The zero-order valence-corrected chi connectivity index (χ0v) is 17.7. The number of anilines is 4. The SMILES string of the molecule is Cc1nccc(Nc2cc(NC3CCN(c4ccc(C#N)cc4)CC3)c(C(N)=O)cn2)n1. The summed E-state index contributed by atoms with van der Waals surface area (Å²) in [5.41, 5.74) is 8.34. The van der Waals surface area contributed by atoms with Crippen molar-refractivity contribution < 1.29 is 4.79 Å². The van der Waals surface area contributed by atoms with Crippen LogP contribution in [-0.4, -0.2) is 40.0 Å². The van der Waals surface area contributed by atoms with Crippen LogP contribution in [0.1, 0.15) is 34.6 Å². The first-order valence-electron chi connectivity index (χ1n) is 10.4. The van der Waals surface area contributed by atoms with Crippen molar-refractivity contribution in [3.8, 4) is 6.07 Å². The number of rotatable bonds is 6. The molecule has 0 spiro atoms. The predicted octanol–water partition coefficient (Wildman–Crippen LogP) is 2.98. The van der Waals surface area contributed by atoms with Gasteiger partial charge in [0, 0.05) is 43.3 Å². The van der Waals surface area contributed by atoms with E-state index in [1.54, 1.807) is 18.3 Å². The highest BCUT2D eigenvalue weighted by molar-refractivity contribution is 5.98. The predicted molar refractivity (Wildman–Crippen MR) is 123 cm³/mol. The monoisotopic (exact) mass is 428 g/mol. The van der Waals surface area contributed by atoms with E-state index in [1.165, 1.54) is 6.20 Å². The quantitative estimate of drug-likeness (QED) is 0.546. The van der Waals surface area contributed by atoms with Crippen molar-refractivity contribution in [1.29, 1.82) is 5.26 Å². The van der Waals surface area contributed by atoms with Crippen LogP contribution >= 0.6 is 0 Å². The summed E-state index contributed by atoms with van der Waals surface area (Å²) in [6.45, 7) is 3.55. The highest BCUT2D eigenvalue weighted by Gasteiger charge is 2.21. The van der Waals surface area contributed by atoms with Gasteiger partial charge in [-0.2, -0.15) is 5.26 Å². The summed E-state index contributed by atoms with van der Waals surface area (Å²) >= 11 is 0. The molecule has 0 unspecified atom stereocenters. The molecule has 162 valence electrons. The molecule has 1 amide bonds. The van der Waals surface area contributed by atoms with Gasteiger partial charge in [0.1, 0.15) is 17.5 Å². The Balaban J connectivity index is 1.44. The van der Waals surface area contributed by atoms with Gasteiger partial charge in [-0.25, -0.2) is 15.0 Å². The topological polar surface area (TPSA) is 133 Å². The molecule has 3 heterocycles. The van der Waals surface area contributed by atoms with Gasteiger partial charge in [0.2, 0.25) is 0 Å². The Morgan fingerprint density at radius 2 is 1.91 bits per heavy atom. The van der Waals surface area contributed by atoms with Gasteiger partial charge in [-0.3, -0.25) is 4.79 Å². The second-order valence-corrected chi connectivity index (χ2v) is 7.66. The van der Waals surface area contributed by atoms with Gasteiger partial charge in [0.25, 0.3) is 5.91 Å². The normalized spacial score (nSPS) is 13.9. The molecular weight excluding hydrogens is 404 g/mol. The highest BCUT2D eigenvalue weighted by atomic mass is 16.1. The Labute approximate surface area is 186 Å². The average molecular weight is 429 g/mol. The zero-order chi connectivity index (χ0) is 22.5. The highest BCUT2D eigenvalue weighted by Crippen LogP contribution is 2.26. The molecule has 1 saturated heterocycles. The summed E-state index contributed by atoms with van der Waals surface area (Å²) in [5.74, 6) is 1.31. The Kier molecular flexibility index (Phi) is 6.12. The van der Waals surface area contributed by atoms with Gasteiger partial charge >= 0.3 is 0 Å². The minimum absolute atomic E-state index is 0.194. The lowest BCUT2D eigenvalue weighted by atomic mass is 10.0. The van der Waals surface area contributed by atoms with Gasteiger partial charge in [0.05, 0.1) is 22.9 Å². The third-order valence-corrected chi connectivity index (χ3v) is 5.42. The largest absolute Gasteiger partial charge is 0.381 e. The Morgan fingerprint density at radius 3 is 2.56 bits per heavy atom. The molecule has 0 radical (unpaired) electrons. The molecule has 0 bridgehead atoms. The van der Waals surface area contributed by atoms with Gasteiger partial charge in [0.15, 0.2) is 0 Å². The number of benzene rings is 1. The van der Waals surface area contributed by atoms with Crippen LogP contribution in [-0.2, 0) is 0 Å². The fraction of sp³-hybridized carbons (Fsp3) is 0.261. The van der Waals surface area contributed by atoms with Crippen molar-refractivity contribution in [3.63, 3.8) is 0 Å². The first kappa shape index (κ1) is 21.1. The molecule has 1 aliphatic heterocycles. The number of carbonyl (C=O) groups excluding carboxylic acids is 1. The van der Waals surface area contributed by atoms with Crippen LogP contribution in [0.4, 0.5) is 23.0 Å². The fourth-order valence-electron chi connectivity index (χ4n) is 3.75. The molecule has 9 heteroatoms. The second-order valence-electron chi connectivity index (χ2n) is 7.66. The van der Waals surface area contributed by atoms with Crippen LogP contribution in [0.3, 0.4) is 0 Å². The number of nitrogens with two attached hydrogens (primary N) is 1. The molecule has 0 atom stereocenters. The minimum Gasteiger partial charge on any atom is -0.381 e. The number of nitrogens with zero attached hydrogens (tertiary/aromatic N) is 5. The molecule has 0 saturated carbocycles. The Bertz CT molecular complexity index is 1150. The van der Waals surface area contributed by atoms with Gasteiger partial charge < -0.3 is 21.3 Å². The number of nitrogens with one attached hydrogen (secondary N) is 2. The molecule has 4 rings (SSSR count). The number of aromatic nitrogens is 3. The van der Waals surface area contributed by atoms with Crippen molar-refractivity contribution in [2.24, 2.45) is 5.73 Å². The molecule has 0 aliphatic carbocycles. The fourth-order valence-corrected chi connectivity index (χ4v) is 3.75. The molecule has 1 aromatic carbocycles. The van der Waals surface area contributed by atoms with Crippen LogP contribution in [0.5, 0.6) is 0 Å². The van der Waals surface area contributed by atoms with E-state index in [0.717, 1.165) is 31.6 Å². The maximum absolute atomic E-state index is 11.9. The number of carbonyl (C=O) groups is 1. The Morgan fingerprint density at radius 1 is 1.16 bits per heavy atom. The van der Waals surface area contributed by atoms with Crippen LogP contribution < -0.4 is 21.3 Å².